The van der Waals surface area contributed by atoms with Crippen molar-refractivity contribution < 1.29 is 19.8 Å². The van der Waals surface area contributed by atoms with Crippen LogP contribution >= 0.6 is 0 Å². The maximum absolute atomic E-state index is 12.6. The highest BCUT2D eigenvalue weighted by Crippen LogP contribution is 2.59. The summed E-state index contributed by atoms with van der Waals surface area (Å²) < 4.78 is 0. The molecule has 2 N–H and O–H groups in total. The molecule has 0 heterocycles. The number of ketones is 2. The lowest BCUT2D eigenvalue weighted by molar-refractivity contribution is -0.185. The molecule has 0 amide bonds. The minimum atomic E-state index is -1.55. The second kappa shape index (κ2) is 3.49. The van der Waals surface area contributed by atoms with Crippen LogP contribution in [-0.4, -0.2) is 33.0 Å². The Bertz CT molecular complexity index is 581. The monoisotopic (exact) mass is 276 g/mol. The number of fused-ring (bicyclic) bond motifs is 1. The van der Waals surface area contributed by atoms with Gasteiger partial charge >= 0.3 is 0 Å². The van der Waals surface area contributed by atoms with Gasteiger partial charge in [-0.2, -0.15) is 0 Å². The molecule has 4 nitrogen and oxygen atoms in total. The number of allylic oxidation sites excluding steroid dienone is 2. The van der Waals surface area contributed by atoms with Gasteiger partial charge in [0, 0.05) is 17.8 Å². The van der Waals surface area contributed by atoms with Gasteiger partial charge in [-0.25, -0.2) is 0 Å². The van der Waals surface area contributed by atoms with Crippen LogP contribution in [0.5, 0.6) is 0 Å². The van der Waals surface area contributed by atoms with Gasteiger partial charge in [-0.1, -0.05) is 18.2 Å². The maximum atomic E-state index is 12.6. The number of Topliss-reactive ketones (excluding diaryl/α,β-unsaturated/α-hetero) is 2. The molecule has 0 aromatic heterocycles. The molecule has 0 radical (unpaired) electrons. The highest BCUT2D eigenvalue weighted by molar-refractivity contribution is 6.04. The molecule has 1 saturated carbocycles. The number of carbonyl (C=O) groups is 2. The van der Waals surface area contributed by atoms with Gasteiger partial charge in [-0.15, -0.1) is 0 Å². The molecule has 4 aliphatic carbocycles. The van der Waals surface area contributed by atoms with E-state index in [0.29, 0.717) is 5.57 Å². The lowest BCUT2D eigenvalue weighted by atomic mass is 9.44. The molecule has 4 rings (SSSR count). The van der Waals surface area contributed by atoms with Gasteiger partial charge in [0.05, 0.1) is 5.41 Å². The Morgan fingerprint density at radius 2 is 1.65 bits per heavy atom. The first-order valence-corrected chi connectivity index (χ1v) is 6.97. The minimum Gasteiger partial charge on any atom is -0.382 e. The van der Waals surface area contributed by atoms with Crippen LogP contribution in [-0.2, 0) is 9.59 Å². The topological polar surface area (TPSA) is 74.6 Å². The van der Waals surface area contributed by atoms with E-state index in [4.69, 9.17) is 0 Å². The van der Waals surface area contributed by atoms with Crippen molar-refractivity contribution in [3.63, 3.8) is 0 Å². The highest BCUT2D eigenvalue weighted by atomic mass is 16.3. The van der Waals surface area contributed by atoms with Gasteiger partial charge in [0.25, 0.3) is 0 Å². The molecule has 0 aliphatic heterocycles. The molecular weight excluding hydrogens is 256 g/mol. The van der Waals surface area contributed by atoms with Gasteiger partial charge in [0.1, 0.15) is 11.2 Å². The van der Waals surface area contributed by atoms with Crippen molar-refractivity contribution in [2.24, 2.45) is 23.2 Å². The van der Waals surface area contributed by atoms with Crippen LogP contribution in [0.25, 0.3) is 0 Å². The smallest absolute Gasteiger partial charge is 0.189 e. The summed E-state index contributed by atoms with van der Waals surface area (Å²) in [4.78, 5) is 24.9. The van der Waals surface area contributed by atoms with Crippen molar-refractivity contribution in [2.45, 2.75) is 38.9 Å². The molecule has 0 spiro atoms. The molecule has 4 aliphatic rings. The highest BCUT2D eigenvalue weighted by Gasteiger charge is 2.67. The first kappa shape index (κ1) is 13.7. The van der Waals surface area contributed by atoms with Crippen molar-refractivity contribution in [3.8, 4) is 0 Å². The lowest BCUT2D eigenvalue weighted by Crippen LogP contribution is -2.69. The van der Waals surface area contributed by atoms with Crippen LogP contribution < -0.4 is 0 Å². The molecule has 0 unspecified atom stereocenters. The normalized spacial score (nSPS) is 53.9. The van der Waals surface area contributed by atoms with E-state index in [0.717, 1.165) is 0 Å². The van der Waals surface area contributed by atoms with Crippen LogP contribution in [0.3, 0.4) is 0 Å². The number of rotatable bonds is 0. The van der Waals surface area contributed by atoms with Crippen LogP contribution in [0, 0.1) is 23.2 Å². The molecule has 0 aromatic carbocycles. The summed E-state index contributed by atoms with van der Waals surface area (Å²) in [5.74, 6) is -1.80. The lowest BCUT2D eigenvalue weighted by Gasteiger charge is -2.59. The Labute approximate surface area is 118 Å². The van der Waals surface area contributed by atoms with Crippen molar-refractivity contribution in [2.75, 3.05) is 0 Å². The Balaban J connectivity index is 2.27. The van der Waals surface area contributed by atoms with Crippen molar-refractivity contribution >= 4 is 11.6 Å². The predicted octanol–water partition coefficient (Wildman–Crippen LogP) is 1.02. The average molecular weight is 276 g/mol. The van der Waals surface area contributed by atoms with E-state index in [-0.39, 0.29) is 17.5 Å². The molecule has 1 fully saturated rings. The fraction of sp³-hybridized carbons (Fsp3) is 0.625. The summed E-state index contributed by atoms with van der Waals surface area (Å²) in [5.41, 5.74) is -3.46. The van der Waals surface area contributed by atoms with E-state index in [9.17, 15) is 19.8 Å². The molecular formula is C16H20O4. The summed E-state index contributed by atoms with van der Waals surface area (Å²) >= 11 is 0. The van der Waals surface area contributed by atoms with E-state index >= 15 is 0 Å². The third-order valence-corrected chi connectivity index (χ3v) is 5.61. The van der Waals surface area contributed by atoms with Gasteiger partial charge in [-0.3, -0.25) is 9.59 Å². The zero-order chi connectivity index (χ0) is 15.1. The Hall–Kier alpha value is -1.26. The third-order valence-electron chi connectivity index (χ3n) is 5.61. The number of hydrogen-bond acceptors (Lipinski definition) is 4. The van der Waals surface area contributed by atoms with Gasteiger partial charge in [0.15, 0.2) is 11.6 Å². The molecule has 0 saturated heterocycles. The first-order valence-electron chi connectivity index (χ1n) is 6.97. The van der Waals surface area contributed by atoms with Gasteiger partial charge in [0.2, 0.25) is 0 Å². The Kier molecular flexibility index (Phi) is 2.39. The van der Waals surface area contributed by atoms with Crippen molar-refractivity contribution in [1.29, 1.82) is 0 Å². The second-order valence-electron chi connectivity index (χ2n) is 7.02. The van der Waals surface area contributed by atoms with Crippen LogP contribution in [0.2, 0.25) is 0 Å². The maximum Gasteiger partial charge on any atom is 0.189 e. The zero-order valence-electron chi connectivity index (χ0n) is 12.2. The quantitative estimate of drug-likeness (QED) is 0.648. The minimum absolute atomic E-state index is 0.229. The molecule has 4 heteroatoms. The van der Waals surface area contributed by atoms with Crippen LogP contribution in [0.4, 0.5) is 0 Å². The number of aliphatic hydroxyl groups is 2. The molecule has 20 heavy (non-hydrogen) atoms. The van der Waals surface area contributed by atoms with Crippen molar-refractivity contribution in [1.82, 2.24) is 0 Å². The molecule has 2 bridgehead atoms. The van der Waals surface area contributed by atoms with E-state index < -0.39 is 28.5 Å². The van der Waals surface area contributed by atoms with E-state index in [1.807, 2.05) is 6.08 Å². The molecule has 108 valence electrons. The molecule has 6 atom stereocenters. The fourth-order valence-corrected chi connectivity index (χ4v) is 4.46. The van der Waals surface area contributed by atoms with E-state index in [1.165, 1.54) is 13.8 Å². The summed E-state index contributed by atoms with van der Waals surface area (Å²) in [6.07, 6.45) is 5.42. The third kappa shape index (κ3) is 1.29. The van der Waals surface area contributed by atoms with Gasteiger partial charge in [-0.05, 0) is 33.3 Å². The van der Waals surface area contributed by atoms with E-state index in [1.54, 1.807) is 26.0 Å². The Morgan fingerprint density at radius 3 is 2.25 bits per heavy atom. The summed E-state index contributed by atoms with van der Waals surface area (Å²) in [5, 5.41) is 21.3. The summed E-state index contributed by atoms with van der Waals surface area (Å²) in [7, 11) is 0. The Morgan fingerprint density at radius 1 is 1.05 bits per heavy atom. The second-order valence-corrected chi connectivity index (χ2v) is 7.02. The average Bonchev–Trinajstić information content (AvgIpc) is 2.35. The molecule has 0 aromatic rings. The number of hydrogen-bond donors (Lipinski definition) is 2. The predicted molar refractivity (Wildman–Crippen MR) is 72.7 cm³/mol. The van der Waals surface area contributed by atoms with Crippen LogP contribution in [0.15, 0.2) is 23.8 Å². The number of carbonyl (C=O) groups excluding carboxylic acids is 2. The standard InChI is InChI=1S/C16H20O4/c1-8-7-10-11(16(4,20)12(8)17)9-5-6-14(10,2)13(18)15(9,3)19/h5-7,9-11,19-20H,1-4H3/t9-,10+,11+,14+,15-,16+/m0/s1. The fourth-order valence-electron chi connectivity index (χ4n) is 4.46. The van der Waals surface area contributed by atoms with E-state index in [2.05, 4.69) is 0 Å². The van der Waals surface area contributed by atoms with Gasteiger partial charge < -0.3 is 10.2 Å². The largest absolute Gasteiger partial charge is 0.382 e. The van der Waals surface area contributed by atoms with Crippen molar-refractivity contribution in [3.05, 3.63) is 23.8 Å². The first-order chi connectivity index (χ1) is 9.04. The van der Waals surface area contributed by atoms with Crippen LogP contribution in [0.1, 0.15) is 27.7 Å². The summed E-state index contributed by atoms with van der Waals surface area (Å²) in [6, 6.07) is 0. The summed E-state index contributed by atoms with van der Waals surface area (Å²) in [6.45, 7) is 6.44. The zero-order valence-corrected chi connectivity index (χ0v) is 12.2. The SMILES string of the molecule is CC1=C[C@@H]2[C@@H]([C@@H]3C=C[C@@]2(C)C(=O)[C@@]3(C)O)[C@@](C)(O)C1=O.